The van der Waals surface area contributed by atoms with Crippen LogP contribution in [-0.4, -0.2) is 193 Å². The number of hydrogen-bond acceptors (Lipinski definition) is 18. The molecule has 0 saturated carbocycles. The first-order valence-electron chi connectivity index (χ1n) is 23.1. The Morgan fingerprint density at radius 2 is 1.02 bits per heavy atom. The van der Waals surface area contributed by atoms with Gasteiger partial charge in [-0.25, -0.2) is 0 Å². The van der Waals surface area contributed by atoms with Gasteiger partial charge in [0.05, 0.1) is 38.6 Å². The Bertz CT molecular complexity index is 1280. The largest absolute Gasteiger partial charge is 0.394 e. The summed E-state index contributed by atoms with van der Waals surface area (Å²) in [6.45, 7) is 1.27. The Balaban J connectivity index is 1.50. The predicted molar refractivity (Wildman–Crippen MR) is 226 cm³/mol. The molecule has 19 nitrogen and oxygen atoms in total. The van der Waals surface area contributed by atoms with Crippen LogP contribution in [0.4, 0.5) is 0 Å². The van der Waals surface area contributed by atoms with Crippen molar-refractivity contribution < 1.29 is 89.4 Å². The van der Waals surface area contributed by atoms with Gasteiger partial charge in [0.25, 0.3) is 0 Å². The number of rotatable bonds is 30. The molecule has 0 spiro atoms. The zero-order chi connectivity index (χ0) is 46.3. The fraction of sp³-hybridized carbons (Fsp3) is 0.886. The molecule has 0 aromatic heterocycles. The highest BCUT2D eigenvalue weighted by Gasteiger charge is 2.53. The molecule has 368 valence electrons. The van der Waals surface area contributed by atoms with Crippen LogP contribution in [-0.2, 0) is 33.2 Å². The van der Waals surface area contributed by atoms with E-state index in [1.807, 2.05) is 6.92 Å². The van der Waals surface area contributed by atoms with Gasteiger partial charge in [-0.05, 0) is 32.1 Å². The van der Waals surface area contributed by atoms with Crippen LogP contribution in [0.1, 0.15) is 117 Å². The van der Waals surface area contributed by atoms with Gasteiger partial charge in [-0.2, -0.15) is 0 Å². The van der Waals surface area contributed by atoms with E-state index in [-0.39, 0.29) is 18.9 Å². The average Bonchev–Trinajstić information content (AvgIpc) is 3.27. The van der Waals surface area contributed by atoms with Gasteiger partial charge in [-0.3, -0.25) is 4.79 Å². The molecule has 0 aromatic rings. The first-order chi connectivity index (χ1) is 30.3. The van der Waals surface area contributed by atoms with Crippen molar-refractivity contribution >= 4 is 5.91 Å². The minimum atomic E-state index is -1.97. The van der Waals surface area contributed by atoms with E-state index in [4.69, 9.17) is 28.4 Å². The van der Waals surface area contributed by atoms with Crippen molar-refractivity contribution in [2.75, 3.05) is 26.4 Å². The summed E-state index contributed by atoms with van der Waals surface area (Å²) in [6.07, 6.45) is -1.68. The normalized spacial score (nSPS) is 35.0. The molecule has 1 amide bonds. The Morgan fingerprint density at radius 3 is 1.56 bits per heavy atom. The molecule has 0 bridgehead atoms. The lowest BCUT2D eigenvalue weighted by molar-refractivity contribution is -0.379. The Kier molecular flexibility index (Phi) is 26.9. The smallest absolute Gasteiger partial charge is 0.220 e. The highest BCUT2D eigenvalue weighted by molar-refractivity contribution is 5.76. The Hall–Kier alpha value is -1.73. The van der Waals surface area contributed by atoms with Crippen molar-refractivity contribution in [3.8, 4) is 0 Å². The van der Waals surface area contributed by atoms with Crippen molar-refractivity contribution in [1.82, 2.24) is 5.32 Å². The Labute approximate surface area is 371 Å². The van der Waals surface area contributed by atoms with E-state index in [9.17, 15) is 61.0 Å². The number of ether oxygens (including phenoxy) is 6. The molecular weight excluding hydrogens is 830 g/mol. The number of carbonyl (C=O) groups excluding carboxylic acids is 1. The van der Waals surface area contributed by atoms with Crippen LogP contribution in [0.15, 0.2) is 24.3 Å². The molecule has 12 N–H and O–H groups in total. The SMILES string of the molecule is CCCCCCCCCCCCC/C=C/CC/C=C/C(O)C(COC1OC(CO)C(OC2OC(CO)C(OC3OC(CO)C(O)C(O)C3O)C(O)C2O)C(O)C1O)NC(=O)CCC. The fourth-order valence-corrected chi connectivity index (χ4v) is 7.84. The molecule has 3 aliphatic heterocycles. The van der Waals surface area contributed by atoms with Crippen molar-refractivity contribution in [1.29, 1.82) is 0 Å². The van der Waals surface area contributed by atoms with Crippen LogP contribution >= 0.6 is 0 Å². The zero-order valence-electron chi connectivity index (χ0n) is 37.0. The lowest BCUT2D eigenvalue weighted by atomic mass is 9.96. The van der Waals surface area contributed by atoms with Crippen molar-refractivity contribution in [2.45, 2.75) is 221 Å². The number of amides is 1. The molecule has 0 aromatic carbocycles. The van der Waals surface area contributed by atoms with Gasteiger partial charge in [-0.1, -0.05) is 102 Å². The maximum absolute atomic E-state index is 12.6. The second kappa shape index (κ2) is 30.5. The molecule has 3 fully saturated rings. The lowest BCUT2D eigenvalue weighted by Crippen LogP contribution is -2.66. The average molecular weight is 910 g/mol. The molecule has 3 heterocycles. The van der Waals surface area contributed by atoms with E-state index >= 15 is 0 Å². The molecule has 19 heteroatoms. The quantitative estimate of drug-likeness (QED) is 0.0325. The number of aliphatic hydroxyl groups is 11. The van der Waals surface area contributed by atoms with E-state index in [1.165, 1.54) is 64.2 Å². The monoisotopic (exact) mass is 910 g/mol. The first kappa shape index (κ1) is 55.6. The third-order valence-electron chi connectivity index (χ3n) is 11.7. The molecule has 17 atom stereocenters. The number of unbranched alkanes of at least 4 members (excludes halogenated alkanes) is 12. The molecule has 3 aliphatic rings. The minimum Gasteiger partial charge on any atom is -0.394 e. The Morgan fingerprint density at radius 1 is 0.556 bits per heavy atom. The van der Waals surface area contributed by atoms with Gasteiger partial charge < -0.3 is 89.9 Å². The maximum Gasteiger partial charge on any atom is 0.220 e. The summed E-state index contributed by atoms with van der Waals surface area (Å²) >= 11 is 0. The summed E-state index contributed by atoms with van der Waals surface area (Å²) in [4.78, 5) is 12.6. The van der Waals surface area contributed by atoms with E-state index < -0.39 is 124 Å². The van der Waals surface area contributed by atoms with Crippen LogP contribution in [0.3, 0.4) is 0 Å². The van der Waals surface area contributed by atoms with Gasteiger partial charge in [0.1, 0.15) is 73.2 Å². The first-order valence-corrected chi connectivity index (χ1v) is 23.1. The number of carbonyl (C=O) groups is 1. The highest BCUT2D eigenvalue weighted by Crippen LogP contribution is 2.33. The molecule has 63 heavy (non-hydrogen) atoms. The summed E-state index contributed by atoms with van der Waals surface area (Å²) in [5.41, 5.74) is 0. The summed E-state index contributed by atoms with van der Waals surface area (Å²) in [5.74, 6) is -0.342. The van der Waals surface area contributed by atoms with Crippen LogP contribution in [0.2, 0.25) is 0 Å². The second-order valence-electron chi connectivity index (χ2n) is 16.9. The van der Waals surface area contributed by atoms with Crippen molar-refractivity contribution in [3.63, 3.8) is 0 Å². The molecule has 17 unspecified atom stereocenters. The van der Waals surface area contributed by atoms with Gasteiger partial charge in [0, 0.05) is 6.42 Å². The third-order valence-corrected chi connectivity index (χ3v) is 11.7. The van der Waals surface area contributed by atoms with Gasteiger partial charge >= 0.3 is 0 Å². The fourth-order valence-electron chi connectivity index (χ4n) is 7.84. The highest BCUT2D eigenvalue weighted by atomic mass is 16.8. The summed E-state index contributed by atoms with van der Waals surface area (Å²) in [5, 5.41) is 118. The third kappa shape index (κ3) is 17.8. The number of hydrogen-bond donors (Lipinski definition) is 12. The zero-order valence-corrected chi connectivity index (χ0v) is 37.0. The second-order valence-corrected chi connectivity index (χ2v) is 16.9. The number of nitrogens with one attached hydrogen (secondary N) is 1. The summed E-state index contributed by atoms with van der Waals surface area (Å²) in [6, 6.07) is -0.979. The maximum atomic E-state index is 12.6. The predicted octanol–water partition coefficient (Wildman–Crippen LogP) is -0.309. The van der Waals surface area contributed by atoms with Gasteiger partial charge in [-0.15, -0.1) is 0 Å². The molecule has 0 aliphatic carbocycles. The van der Waals surface area contributed by atoms with Crippen LogP contribution in [0, 0.1) is 0 Å². The topological polar surface area (TPSA) is 307 Å². The molecule has 3 saturated heterocycles. The number of aliphatic hydroxyl groups excluding tert-OH is 11. The molecule has 0 radical (unpaired) electrons. The standard InChI is InChI=1S/C44H79NO18/c1-3-5-6-7-8-9-10-11-12-13-14-15-16-17-18-19-20-22-28(49)27(45-32(50)21-4-2)26-58-42-38(56)35(53)40(30(24-47)60-42)63-44-39(57)36(54)41(31(25-48)61-44)62-43-37(55)34(52)33(51)29(23-46)59-43/h16-17,20,22,27-31,33-44,46-49,51-57H,3-15,18-19,21,23-26H2,1-2H3,(H,45,50)/b17-16+,22-20+. The summed E-state index contributed by atoms with van der Waals surface area (Å²) < 4.78 is 33.7. The minimum absolute atomic E-state index is 0.186. The van der Waals surface area contributed by atoms with Gasteiger partial charge in [0.2, 0.25) is 5.91 Å². The number of allylic oxidation sites excluding steroid dienone is 3. The van der Waals surface area contributed by atoms with E-state index in [1.54, 1.807) is 12.2 Å². The van der Waals surface area contributed by atoms with E-state index in [2.05, 4.69) is 24.4 Å². The summed E-state index contributed by atoms with van der Waals surface area (Å²) in [7, 11) is 0. The van der Waals surface area contributed by atoms with Crippen molar-refractivity contribution in [2.24, 2.45) is 0 Å². The van der Waals surface area contributed by atoms with Crippen LogP contribution < -0.4 is 5.32 Å². The molecule has 3 rings (SSSR count). The molecular formula is C44H79NO18. The van der Waals surface area contributed by atoms with Gasteiger partial charge in [0.15, 0.2) is 18.9 Å². The van der Waals surface area contributed by atoms with E-state index in [0.717, 1.165) is 19.3 Å². The van der Waals surface area contributed by atoms with E-state index in [0.29, 0.717) is 12.8 Å². The van der Waals surface area contributed by atoms with Crippen molar-refractivity contribution in [3.05, 3.63) is 24.3 Å². The van der Waals surface area contributed by atoms with Crippen LogP contribution in [0.5, 0.6) is 0 Å². The lowest BCUT2D eigenvalue weighted by Gasteiger charge is -2.48. The van der Waals surface area contributed by atoms with Crippen LogP contribution in [0.25, 0.3) is 0 Å².